The highest BCUT2D eigenvalue weighted by atomic mass is 19.1. The number of carbonyl (C=O) groups is 1. The molecule has 0 aromatic heterocycles. The van der Waals surface area contributed by atoms with Gasteiger partial charge >= 0.3 is 6.03 Å². The first-order valence-corrected chi connectivity index (χ1v) is 7.50. The fraction of sp³-hybridized carbons (Fsp3) is 0.222. The second-order valence-electron chi connectivity index (χ2n) is 5.31. The molecule has 2 amide bonds. The largest absolute Gasteiger partial charge is 0.394 e. The number of aliphatic hydroxyl groups excluding tert-OH is 1. The SMILES string of the molecule is N#Cc1ccc(CNC(=O)NC(CO)Cc2ccccc2)c(F)c1. The van der Waals surface area contributed by atoms with E-state index in [4.69, 9.17) is 5.26 Å². The van der Waals surface area contributed by atoms with Crippen LogP contribution in [0.3, 0.4) is 0 Å². The number of hydrogen-bond donors (Lipinski definition) is 3. The molecule has 0 bridgehead atoms. The molecule has 24 heavy (non-hydrogen) atoms. The third-order valence-corrected chi connectivity index (χ3v) is 3.50. The summed E-state index contributed by atoms with van der Waals surface area (Å²) in [5.74, 6) is -0.544. The summed E-state index contributed by atoms with van der Waals surface area (Å²) < 4.78 is 13.7. The van der Waals surface area contributed by atoms with Crippen molar-refractivity contribution in [3.8, 4) is 6.07 Å². The number of carbonyl (C=O) groups excluding carboxylic acids is 1. The van der Waals surface area contributed by atoms with Crippen LogP contribution in [-0.4, -0.2) is 23.8 Å². The van der Waals surface area contributed by atoms with Crippen molar-refractivity contribution in [3.63, 3.8) is 0 Å². The van der Waals surface area contributed by atoms with Crippen LogP contribution in [0.1, 0.15) is 16.7 Å². The molecule has 0 aliphatic heterocycles. The van der Waals surface area contributed by atoms with E-state index in [-0.39, 0.29) is 24.3 Å². The first-order valence-electron chi connectivity index (χ1n) is 7.50. The lowest BCUT2D eigenvalue weighted by molar-refractivity contribution is 0.215. The Morgan fingerprint density at radius 3 is 2.62 bits per heavy atom. The summed E-state index contributed by atoms with van der Waals surface area (Å²) in [6, 6.07) is 14.5. The van der Waals surface area contributed by atoms with Crippen molar-refractivity contribution in [2.24, 2.45) is 0 Å². The standard InChI is InChI=1S/C18H18FN3O2/c19-17-9-14(10-20)6-7-15(17)11-21-18(24)22-16(12-23)8-13-4-2-1-3-5-13/h1-7,9,16,23H,8,11-12H2,(H2,21,22,24). The summed E-state index contributed by atoms with van der Waals surface area (Å²) in [6.45, 7) is -0.208. The lowest BCUT2D eigenvalue weighted by Gasteiger charge is -2.17. The molecule has 0 aliphatic rings. The van der Waals surface area contributed by atoms with E-state index in [0.29, 0.717) is 6.42 Å². The predicted molar refractivity (Wildman–Crippen MR) is 87.5 cm³/mol. The van der Waals surface area contributed by atoms with E-state index in [9.17, 15) is 14.3 Å². The van der Waals surface area contributed by atoms with E-state index in [1.54, 1.807) is 0 Å². The maximum atomic E-state index is 13.7. The fourth-order valence-electron chi connectivity index (χ4n) is 2.23. The maximum absolute atomic E-state index is 13.7. The van der Waals surface area contributed by atoms with Gasteiger partial charge in [-0.2, -0.15) is 5.26 Å². The quantitative estimate of drug-likeness (QED) is 0.759. The van der Waals surface area contributed by atoms with E-state index < -0.39 is 17.9 Å². The van der Waals surface area contributed by atoms with E-state index in [1.807, 2.05) is 36.4 Å². The second kappa shape index (κ2) is 8.65. The molecule has 2 aromatic rings. The number of nitrogens with one attached hydrogen (secondary N) is 2. The van der Waals surface area contributed by atoms with Crippen LogP contribution in [-0.2, 0) is 13.0 Å². The summed E-state index contributed by atoms with van der Waals surface area (Å²) in [4.78, 5) is 11.9. The van der Waals surface area contributed by atoms with Gasteiger partial charge in [-0.1, -0.05) is 36.4 Å². The third-order valence-electron chi connectivity index (χ3n) is 3.50. The van der Waals surface area contributed by atoms with Crippen LogP contribution >= 0.6 is 0 Å². The molecule has 0 fully saturated rings. The summed E-state index contributed by atoms with van der Waals surface area (Å²) in [5, 5.41) is 23.3. The molecule has 2 aromatic carbocycles. The van der Waals surface area contributed by atoms with Gasteiger partial charge in [-0.05, 0) is 24.1 Å². The number of urea groups is 1. The molecule has 0 saturated heterocycles. The molecule has 0 saturated carbocycles. The van der Waals surface area contributed by atoms with Crippen LogP contribution in [0.4, 0.5) is 9.18 Å². The Bertz CT molecular complexity index is 729. The van der Waals surface area contributed by atoms with Gasteiger partial charge in [0.1, 0.15) is 5.82 Å². The second-order valence-corrected chi connectivity index (χ2v) is 5.31. The minimum atomic E-state index is -0.544. The number of nitriles is 1. The van der Waals surface area contributed by atoms with E-state index in [0.717, 1.165) is 11.6 Å². The van der Waals surface area contributed by atoms with Gasteiger partial charge in [0.05, 0.1) is 24.3 Å². The normalized spacial score (nSPS) is 11.4. The van der Waals surface area contributed by atoms with Crippen molar-refractivity contribution in [1.82, 2.24) is 10.6 Å². The zero-order valence-electron chi connectivity index (χ0n) is 13.0. The van der Waals surface area contributed by atoms with Gasteiger partial charge in [0.15, 0.2) is 0 Å². The van der Waals surface area contributed by atoms with Crippen LogP contribution in [0.25, 0.3) is 0 Å². The molecule has 0 spiro atoms. The molecule has 3 N–H and O–H groups in total. The summed E-state index contributed by atoms with van der Waals surface area (Å²) in [7, 11) is 0. The van der Waals surface area contributed by atoms with E-state index in [2.05, 4.69) is 10.6 Å². The van der Waals surface area contributed by atoms with Crippen molar-refractivity contribution in [2.75, 3.05) is 6.61 Å². The van der Waals surface area contributed by atoms with Crippen LogP contribution < -0.4 is 10.6 Å². The molecule has 0 heterocycles. The number of amides is 2. The number of nitrogens with zero attached hydrogens (tertiary/aromatic N) is 1. The van der Waals surface area contributed by atoms with Crippen LogP contribution in [0.2, 0.25) is 0 Å². The first kappa shape index (κ1) is 17.4. The number of benzene rings is 2. The molecule has 0 radical (unpaired) electrons. The van der Waals surface area contributed by atoms with Gasteiger partial charge in [0, 0.05) is 12.1 Å². The Kier molecular flexibility index (Phi) is 6.29. The molecular weight excluding hydrogens is 309 g/mol. The Morgan fingerprint density at radius 2 is 2.00 bits per heavy atom. The topological polar surface area (TPSA) is 85.2 Å². The van der Waals surface area contributed by atoms with E-state index >= 15 is 0 Å². The van der Waals surface area contributed by atoms with Crippen LogP contribution in [0.5, 0.6) is 0 Å². The molecule has 1 unspecified atom stereocenters. The number of hydrogen-bond acceptors (Lipinski definition) is 3. The van der Waals surface area contributed by atoms with Gasteiger partial charge < -0.3 is 15.7 Å². The lowest BCUT2D eigenvalue weighted by Crippen LogP contribution is -2.44. The van der Waals surface area contributed by atoms with Crippen molar-refractivity contribution < 1.29 is 14.3 Å². The van der Waals surface area contributed by atoms with Crippen molar-refractivity contribution >= 4 is 6.03 Å². The number of halogens is 1. The molecular formula is C18H18FN3O2. The Balaban J connectivity index is 1.87. The van der Waals surface area contributed by atoms with Crippen LogP contribution in [0.15, 0.2) is 48.5 Å². The maximum Gasteiger partial charge on any atom is 0.315 e. The minimum Gasteiger partial charge on any atom is -0.394 e. The first-order chi connectivity index (χ1) is 11.6. The predicted octanol–water partition coefficient (Wildman–Crippen LogP) is 2.10. The summed E-state index contributed by atoms with van der Waals surface area (Å²) in [5.41, 5.74) is 1.51. The van der Waals surface area contributed by atoms with Gasteiger partial charge in [-0.25, -0.2) is 9.18 Å². The van der Waals surface area contributed by atoms with Crippen LogP contribution in [0, 0.1) is 17.1 Å². The number of aliphatic hydroxyl groups is 1. The van der Waals surface area contributed by atoms with E-state index in [1.165, 1.54) is 12.1 Å². The molecule has 124 valence electrons. The number of rotatable bonds is 6. The lowest BCUT2D eigenvalue weighted by atomic mass is 10.1. The summed E-state index contributed by atoms with van der Waals surface area (Å²) >= 11 is 0. The average Bonchev–Trinajstić information content (AvgIpc) is 2.60. The van der Waals surface area contributed by atoms with Gasteiger partial charge in [-0.15, -0.1) is 0 Å². The molecule has 5 nitrogen and oxygen atoms in total. The van der Waals surface area contributed by atoms with Gasteiger partial charge in [-0.3, -0.25) is 0 Å². The minimum absolute atomic E-state index is 0.00708. The zero-order valence-corrected chi connectivity index (χ0v) is 13.0. The van der Waals surface area contributed by atoms with Crippen molar-refractivity contribution in [2.45, 2.75) is 19.0 Å². The average molecular weight is 327 g/mol. The molecule has 6 heteroatoms. The zero-order chi connectivity index (χ0) is 17.4. The summed E-state index contributed by atoms with van der Waals surface area (Å²) in [6.07, 6.45) is 0.496. The molecule has 1 atom stereocenters. The smallest absolute Gasteiger partial charge is 0.315 e. The highest BCUT2D eigenvalue weighted by molar-refractivity contribution is 5.74. The molecule has 2 rings (SSSR count). The monoisotopic (exact) mass is 327 g/mol. The molecule has 0 aliphatic carbocycles. The van der Waals surface area contributed by atoms with Crippen molar-refractivity contribution in [1.29, 1.82) is 5.26 Å². The Hall–Kier alpha value is -2.91. The highest BCUT2D eigenvalue weighted by Crippen LogP contribution is 2.09. The third kappa shape index (κ3) is 5.07. The highest BCUT2D eigenvalue weighted by Gasteiger charge is 2.12. The van der Waals surface area contributed by atoms with Crippen molar-refractivity contribution in [3.05, 3.63) is 71.0 Å². The van der Waals surface area contributed by atoms with Gasteiger partial charge in [0.2, 0.25) is 0 Å². The Labute approximate surface area is 139 Å². The Morgan fingerprint density at radius 1 is 1.25 bits per heavy atom. The van der Waals surface area contributed by atoms with Gasteiger partial charge in [0.25, 0.3) is 0 Å². The fourth-order valence-corrected chi connectivity index (χ4v) is 2.23.